The first-order valence-electron chi connectivity index (χ1n) is 10.6. The number of hydrogen-bond donors (Lipinski definition) is 7. The van der Waals surface area contributed by atoms with Crippen LogP contribution in [0.1, 0.15) is 20.8 Å². The molecule has 0 amide bonds. The summed E-state index contributed by atoms with van der Waals surface area (Å²) in [6, 6.07) is 0. The summed E-state index contributed by atoms with van der Waals surface area (Å²) in [4.78, 5) is 11.5. The average molecular weight is 484 g/mol. The summed E-state index contributed by atoms with van der Waals surface area (Å²) in [6.07, 6.45) is -20.1. The number of carbonyl (C=O) groups is 1. The van der Waals surface area contributed by atoms with Gasteiger partial charge < -0.3 is 64.2 Å². The lowest BCUT2D eigenvalue weighted by molar-refractivity contribution is -0.378. The minimum Gasteiger partial charge on any atom is -0.454 e. The molecule has 14 atom stereocenters. The first-order valence-corrected chi connectivity index (χ1v) is 10.6. The molecule has 0 aromatic heterocycles. The molecule has 3 aliphatic rings. The molecule has 192 valence electrons. The molecular weight excluding hydrogens is 452 g/mol. The van der Waals surface area contributed by atoms with Crippen molar-refractivity contribution in [2.45, 2.75) is 107 Å². The van der Waals surface area contributed by atoms with E-state index in [-0.39, 0.29) is 6.61 Å². The Morgan fingerprint density at radius 1 is 0.727 bits per heavy atom. The second kappa shape index (κ2) is 10.7. The molecule has 3 rings (SSSR count). The highest BCUT2D eigenvalue weighted by Gasteiger charge is 2.52. The molecule has 7 N–H and O–H groups in total. The largest absolute Gasteiger partial charge is 0.454 e. The van der Waals surface area contributed by atoms with Crippen LogP contribution in [-0.4, -0.2) is 134 Å². The Kier molecular flexibility index (Phi) is 8.64. The average Bonchev–Trinajstić information content (AvgIpc) is 2.75. The van der Waals surface area contributed by atoms with E-state index in [1.165, 1.54) is 13.8 Å². The molecule has 3 aliphatic heterocycles. The number of carbonyl (C=O) groups excluding carboxylic acids is 1. The number of rotatable bonds is 5. The van der Waals surface area contributed by atoms with Gasteiger partial charge in [-0.25, -0.2) is 0 Å². The molecule has 14 heteroatoms. The van der Waals surface area contributed by atoms with Gasteiger partial charge in [-0.15, -0.1) is 0 Å². The second-order valence-corrected chi connectivity index (χ2v) is 8.44. The van der Waals surface area contributed by atoms with Crippen LogP contribution in [0.3, 0.4) is 0 Å². The van der Waals surface area contributed by atoms with Gasteiger partial charge in [0.2, 0.25) is 0 Å². The standard InChI is InChI=1S/C19H32O14/c1-5-9(22)12(25)15(31-7(3)20)19(30-5)33-16-14(10(23)6(2)29-17(16)27)32-18-13(26)11(24)8(21)4-28-18/h5-6,8-19,21-27H,4H2,1-3H3/t5-,6+,8+,9-,10-,11-,12+,13+,14-,15+,16+,17?,18-,19-/m0/s1. The van der Waals surface area contributed by atoms with Gasteiger partial charge in [0.25, 0.3) is 0 Å². The highest BCUT2D eigenvalue weighted by molar-refractivity contribution is 5.66. The predicted molar refractivity (Wildman–Crippen MR) is 102 cm³/mol. The zero-order valence-corrected chi connectivity index (χ0v) is 18.3. The lowest BCUT2D eigenvalue weighted by Gasteiger charge is -2.47. The summed E-state index contributed by atoms with van der Waals surface area (Å²) >= 11 is 0. The molecule has 14 nitrogen and oxygen atoms in total. The maximum Gasteiger partial charge on any atom is 0.303 e. The number of hydrogen-bond acceptors (Lipinski definition) is 14. The quantitative estimate of drug-likeness (QED) is 0.184. The van der Waals surface area contributed by atoms with Gasteiger partial charge in [-0.3, -0.25) is 4.79 Å². The molecule has 0 aromatic rings. The molecule has 0 radical (unpaired) electrons. The lowest BCUT2D eigenvalue weighted by atomic mass is 9.97. The monoisotopic (exact) mass is 484 g/mol. The van der Waals surface area contributed by atoms with E-state index >= 15 is 0 Å². The van der Waals surface area contributed by atoms with Gasteiger partial charge in [-0.05, 0) is 13.8 Å². The van der Waals surface area contributed by atoms with E-state index in [9.17, 15) is 40.5 Å². The van der Waals surface area contributed by atoms with Gasteiger partial charge >= 0.3 is 5.97 Å². The number of aliphatic hydroxyl groups is 7. The SMILES string of the molecule is CC(=O)O[C@H]1[C@H](O[C@H]2C(O)O[C@H](C)[C@H](O)[C@@H]2O[C@@H]2OC[C@@H](O)[C@H](O)[C@H]2O)O[C@@H](C)[C@H](O)[C@H]1O. The van der Waals surface area contributed by atoms with E-state index < -0.39 is 92.0 Å². The summed E-state index contributed by atoms with van der Waals surface area (Å²) in [5.41, 5.74) is 0. The summed E-state index contributed by atoms with van der Waals surface area (Å²) in [7, 11) is 0. The van der Waals surface area contributed by atoms with Crippen LogP contribution >= 0.6 is 0 Å². The molecule has 0 saturated carbocycles. The Hall–Kier alpha value is -1.01. The first kappa shape index (κ1) is 26.6. The fraction of sp³-hybridized carbons (Fsp3) is 0.947. The molecule has 0 aliphatic carbocycles. The van der Waals surface area contributed by atoms with Crippen LogP contribution in [0.2, 0.25) is 0 Å². The van der Waals surface area contributed by atoms with Gasteiger partial charge in [-0.2, -0.15) is 0 Å². The Bertz CT molecular complexity index is 664. The van der Waals surface area contributed by atoms with E-state index in [2.05, 4.69) is 0 Å². The fourth-order valence-corrected chi connectivity index (χ4v) is 3.94. The third kappa shape index (κ3) is 5.63. The van der Waals surface area contributed by atoms with Crippen LogP contribution in [-0.2, 0) is 33.2 Å². The summed E-state index contributed by atoms with van der Waals surface area (Å²) in [5, 5.41) is 71.3. The Morgan fingerprint density at radius 2 is 1.33 bits per heavy atom. The van der Waals surface area contributed by atoms with Crippen molar-refractivity contribution in [1.29, 1.82) is 0 Å². The van der Waals surface area contributed by atoms with Crippen molar-refractivity contribution in [2.75, 3.05) is 6.61 Å². The van der Waals surface area contributed by atoms with Crippen molar-refractivity contribution in [3.05, 3.63) is 0 Å². The summed E-state index contributed by atoms with van der Waals surface area (Å²) in [5.74, 6) is -0.800. The normalized spacial score (nSPS) is 51.2. The van der Waals surface area contributed by atoms with Gasteiger partial charge in [-0.1, -0.05) is 0 Å². The van der Waals surface area contributed by atoms with Crippen LogP contribution in [0.5, 0.6) is 0 Å². The number of esters is 1. The fourth-order valence-electron chi connectivity index (χ4n) is 3.94. The van der Waals surface area contributed by atoms with Gasteiger partial charge in [0.05, 0.1) is 18.8 Å². The first-order chi connectivity index (χ1) is 15.4. The van der Waals surface area contributed by atoms with Crippen LogP contribution in [0, 0.1) is 0 Å². The van der Waals surface area contributed by atoms with Crippen LogP contribution in [0.15, 0.2) is 0 Å². The minimum absolute atomic E-state index is 0.367. The van der Waals surface area contributed by atoms with E-state index in [1.54, 1.807) is 0 Å². The van der Waals surface area contributed by atoms with E-state index in [1.807, 2.05) is 0 Å². The van der Waals surface area contributed by atoms with E-state index in [0.29, 0.717) is 0 Å². The Labute approximate surface area is 189 Å². The minimum atomic E-state index is -1.70. The molecule has 1 unspecified atom stereocenters. The molecule has 3 heterocycles. The van der Waals surface area contributed by atoms with Crippen LogP contribution in [0.4, 0.5) is 0 Å². The third-order valence-electron chi connectivity index (χ3n) is 5.90. The zero-order chi connectivity index (χ0) is 24.6. The lowest BCUT2D eigenvalue weighted by Crippen LogP contribution is -2.65. The molecular formula is C19H32O14. The third-order valence-corrected chi connectivity index (χ3v) is 5.90. The Morgan fingerprint density at radius 3 is 1.97 bits per heavy atom. The number of aliphatic hydroxyl groups excluding tert-OH is 7. The van der Waals surface area contributed by atoms with Crippen molar-refractivity contribution in [1.82, 2.24) is 0 Å². The summed E-state index contributed by atoms with van der Waals surface area (Å²) in [6.45, 7) is 3.59. The van der Waals surface area contributed by atoms with Crippen molar-refractivity contribution < 1.29 is 69.0 Å². The highest BCUT2D eigenvalue weighted by Crippen LogP contribution is 2.32. The van der Waals surface area contributed by atoms with Crippen LogP contribution in [0.25, 0.3) is 0 Å². The van der Waals surface area contributed by atoms with Gasteiger partial charge in [0, 0.05) is 6.92 Å². The van der Waals surface area contributed by atoms with E-state index in [0.717, 1.165) is 6.92 Å². The molecule has 0 bridgehead atoms. The smallest absolute Gasteiger partial charge is 0.303 e. The van der Waals surface area contributed by atoms with E-state index in [4.69, 9.17) is 28.4 Å². The Balaban J connectivity index is 1.82. The van der Waals surface area contributed by atoms with Crippen molar-refractivity contribution in [3.63, 3.8) is 0 Å². The van der Waals surface area contributed by atoms with Crippen molar-refractivity contribution >= 4 is 5.97 Å². The highest BCUT2D eigenvalue weighted by atomic mass is 16.8. The number of ether oxygens (including phenoxy) is 6. The molecule has 3 saturated heterocycles. The van der Waals surface area contributed by atoms with Gasteiger partial charge in [0.1, 0.15) is 48.8 Å². The molecule has 33 heavy (non-hydrogen) atoms. The predicted octanol–water partition coefficient (Wildman–Crippen LogP) is -4.31. The van der Waals surface area contributed by atoms with Crippen molar-refractivity contribution in [3.8, 4) is 0 Å². The molecule has 0 spiro atoms. The maximum atomic E-state index is 11.5. The topological polar surface area (TPSA) is 214 Å². The summed E-state index contributed by atoms with van der Waals surface area (Å²) < 4.78 is 32.4. The van der Waals surface area contributed by atoms with Crippen molar-refractivity contribution in [2.24, 2.45) is 0 Å². The molecule has 0 aromatic carbocycles. The van der Waals surface area contributed by atoms with Crippen LogP contribution < -0.4 is 0 Å². The maximum absolute atomic E-state index is 11.5. The zero-order valence-electron chi connectivity index (χ0n) is 18.3. The molecule has 3 fully saturated rings. The van der Waals surface area contributed by atoms with Gasteiger partial charge in [0.15, 0.2) is 25.0 Å². The second-order valence-electron chi connectivity index (χ2n) is 8.44.